The van der Waals surface area contributed by atoms with Crippen LogP contribution >= 0.6 is 0 Å². The van der Waals surface area contributed by atoms with E-state index in [1.54, 1.807) is 41.5 Å². The maximum absolute atomic E-state index is 12.2. The van der Waals surface area contributed by atoms with Crippen LogP contribution in [0.3, 0.4) is 0 Å². The molecule has 2 amide bonds. The number of nitrogens with zero attached hydrogens (tertiary/aromatic N) is 3. The summed E-state index contributed by atoms with van der Waals surface area (Å²) in [5.41, 5.74) is 0.561. The molecule has 2 aliphatic rings. The van der Waals surface area contributed by atoms with Gasteiger partial charge in [0.25, 0.3) is 0 Å². The Morgan fingerprint density at radius 3 is 3.04 bits per heavy atom. The quantitative estimate of drug-likeness (QED) is 0.737. The Bertz CT molecular complexity index is 695. The van der Waals surface area contributed by atoms with Gasteiger partial charge in [0.15, 0.2) is 6.29 Å². The van der Waals surface area contributed by atoms with Gasteiger partial charge in [-0.05, 0) is 18.2 Å². The second-order valence-electron chi connectivity index (χ2n) is 5.71. The van der Waals surface area contributed by atoms with Gasteiger partial charge < -0.3 is 25.2 Å². The number of aliphatic hydroxyl groups excluding tert-OH is 1. The van der Waals surface area contributed by atoms with Crippen molar-refractivity contribution in [3.05, 3.63) is 43.0 Å². The van der Waals surface area contributed by atoms with E-state index in [-0.39, 0.29) is 0 Å². The third kappa shape index (κ3) is 2.73. The molecule has 126 valence electrons. The summed E-state index contributed by atoms with van der Waals surface area (Å²) >= 11 is 0. The fourth-order valence-corrected chi connectivity index (χ4v) is 3.07. The summed E-state index contributed by atoms with van der Waals surface area (Å²) in [6, 6.07) is 3.61. The number of aromatic nitrogens is 3. The molecule has 2 saturated heterocycles. The molecule has 3 N–H and O–H groups in total. The fourth-order valence-electron chi connectivity index (χ4n) is 3.07. The smallest absolute Gasteiger partial charge is 0.319 e. The summed E-state index contributed by atoms with van der Waals surface area (Å²) in [6.07, 6.45) is 4.62. The molecule has 0 unspecified atom stereocenters. The van der Waals surface area contributed by atoms with Crippen molar-refractivity contribution < 1.29 is 19.4 Å². The first kappa shape index (κ1) is 15.1. The lowest BCUT2D eigenvalue weighted by Gasteiger charge is -2.38. The summed E-state index contributed by atoms with van der Waals surface area (Å²) in [5, 5.41) is 20.3. The van der Waals surface area contributed by atoms with Crippen molar-refractivity contribution >= 4 is 11.7 Å². The van der Waals surface area contributed by atoms with Gasteiger partial charge in [0.2, 0.25) is 0 Å². The van der Waals surface area contributed by atoms with Gasteiger partial charge in [-0.25, -0.2) is 4.79 Å². The highest BCUT2D eigenvalue weighted by molar-refractivity contribution is 5.89. The van der Waals surface area contributed by atoms with E-state index >= 15 is 0 Å². The maximum Gasteiger partial charge on any atom is 0.319 e. The summed E-state index contributed by atoms with van der Waals surface area (Å²) in [4.78, 5) is 16.1. The first-order valence-corrected chi connectivity index (χ1v) is 7.64. The Kier molecular flexibility index (Phi) is 3.89. The topological polar surface area (TPSA) is 111 Å². The molecular weight excluding hydrogens is 314 g/mol. The number of carbonyl (C=O) groups excluding carboxylic acids is 1. The first-order valence-electron chi connectivity index (χ1n) is 7.64. The molecule has 2 aromatic heterocycles. The minimum Gasteiger partial charge on any atom is -0.388 e. The number of fused-ring (bicyclic) bond motifs is 2. The third-order valence-corrected chi connectivity index (χ3v) is 4.18. The molecule has 5 atom stereocenters. The third-order valence-electron chi connectivity index (χ3n) is 4.18. The zero-order valence-electron chi connectivity index (χ0n) is 12.6. The number of nitrogens with one attached hydrogen (secondary N) is 2. The predicted molar refractivity (Wildman–Crippen MR) is 82.1 cm³/mol. The van der Waals surface area contributed by atoms with Crippen molar-refractivity contribution in [1.29, 1.82) is 0 Å². The lowest BCUT2D eigenvalue weighted by Crippen LogP contribution is -2.59. The molecule has 0 saturated carbocycles. The Balaban J connectivity index is 1.48. The number of hydrogen-bond donors (Lipinski definition) is 3. The van der Waals surface area contributed by atoms with E-state index in [0.29, 0.717) is 12.3 Å². The highest BCUT2D eigenvalue weighted by Gasteiger charge is 2.51. The zero-order chi connectivity index (χ0) is 16.5. The van der Waals surface area contributed by atoms with Gasteiger partial charge in [-0.2, -0.15) is 5.10 Å². The molecule has 9 heteroatoms. The number of hydrogen-bond acceptors (Lipinski definition) is 6. The van der Waals surface area contributed by atoms with Crippen LogP contribution in [0.25, 0.3) is 0 Å². The molecule has 9 nitrogen and oxygen atoms in total. The Labute approximate surface area is 137 Å². The number of ether oxygens (including phenoxy) is 2. The average molecular weight is 331 g/mol. The van der Waals surface area contributed by atoms with Crippen LogP contribution in [0, 0.1) is 0 Å². The number of pyridine rings is 1. The molecule has 2 aromatic rings. The lowest BCUT2D eigenvalue weighted by molar-refractivity contribution is -0.166. The number of urea groups is 1. The second-order valence-corrected chi connectivity index (χ2v) is 5.71. The van der Waals surface area contributed by atoms with Gasteiger partial charge in [-0.3, -0.25) is 9.67 Å². The predicted octanol–water partition coefficient (Wildman–Crippen LogP) is 0.125. The molecule has 4 rings (SSSR count). The van der Waals surface area contributed by atoms with Crippen molar-refractivity contribution in [2.45, 2.75) is 30.6 Å². The molecule has 0 aliphatic carbocycles. The summed E-state index contributed by atoms with van der Waals surface area (Å²) < 4.78 is 12.9. The standard InChI is InChI=1S/C15H17N5O4/c21-13-11(19-15(22)18-9-3-1-4-16-7-9)10-8-23-14(24-10)12(13)20-6-2-5-17-20/h1-7,10-14,21H,8H2,(H2,18,19,22)/t10-,11-,12-,13+,14-/m1/s1. The van der Waals surface area contributed by atoms with Crippen LogP contribution in [0.1, 0.15) is 6.04 Å². The molecule has 4 heterocycles. The second kappa shape index (κ2) is 6.19. The number of carbonyl (C=O) groups is 1. The number of anilines is 1. The Hall–Kier alpha value is -2.49. The highest BCUT2D eigenvalue weighted by atomic mass is 16.7. The van der Waals surface area contributed by atoms with Crippen LogP contribution in [0.2, 0.25) is 0 Å². The molecule has 2 aliphatic heterocycles. The Morgan fingerprint density at radius 2 is 2.29 bits per heavy atom. The van der Waals surface area contributed by atoms with Crippen molar-refractivity contribution in [2.75, 3.05) is 11.9 Å². The number of aliphatic hydroxyl groups is 1. The zero-order valence-corrected chi connectivity index (χ0v) is 12.6. The molecular formula is C15H17N5O4. The first-order chi connectivity index (χ1) is 11.7. The summed E-state index contributed by atoms with van der Waals surface area (Å²) in [5.74, 6) is 0. The minimum absolute atomic E-state index is 0.303. The van der Waals surface area contributed by atoms with Gasteiger partial charge >= 0.3 is 6.03 Å². The summed E-state index contributed by atoms with van der Waals surface area (Å²) in [7, 11) is 0. The van der Waals surface area contributed by atoms with Crippen LogP contribution < -0.4 is 10.6 Å². The van der Waals surface area contributed by atoms with E-state index in [0.717, 1.165) is 0 Å². The number of amides is 2. The van der Waals surface area contributed by atoms with Crippen molar-refractivity contribution in [3.63, 3.8) is 0 Å². The molecule has 0 aromatic carbocycles. The molecule has 0 radical (unpaired) electrons. The molecule has 0 spiro atoms. The minimum atomic E-state index is -0.893. The van der Waals surface area contributed by atoms with Crippen LogP contribution in [-0.2, 0) is 9.47 Å². The van der Waals surface area contributed by atoms with Crippen LogP contribution in [0.4, 0.5) is 10.5 Å². The molecule has 2 fully saturated rings. The van der Waals surface area contributed by atoms with E-state index in [1.807, 2.05) is 0 Å². The maximum atomic E-state index is 12.2. The van der Waals surface area contributed by atoms with Crippen LogP contribution in [-0.4, -0.2) is 57.0 Å². The van der Waals surface area contributed by atoms with E-state index in [1.165, 1.54) is 6.20 Å². The van der Waals surface area contributed by atoms with E-state index in [2.05, 4.69) is 20.7 Å². The van der Waals surface area contributed by atoms with Gasteiger partial charge in [0, 0.05) is 18.6 Å². The SMILES string of the molecule is O=C(Nc1cccnc1)N[C@H]1[C@H](O)[C@@H](n2cccn2)[C@@H]2OC[C@H]1O2. The van der Waals surface area contributed by atoms with Crippen molar-refractivity contribution in [3.8, 4) is 0 Å². The summed E-state index contributed by atoms with van der Waals surface area (Å²) in [6.45, 7) is 0.303. The van der Waals surface area contributed by atoms with Crippen LogP contribution in [0.5, 0.6) is 0 Å². The number of rotatable bonds is 3. The van der Waals surface area contributed by atoms with Gasteiger partial charge in [-0.15, -0.1) is 0 Å². The van der Waals surface area contributed by atoms with E-state index in [4.69, 9.17) is 9.47 Å². The fraction of sp³-hybridized carbons (Fsp3) is 0.400. The molecule has 2 bridgehead atoms. The monoisotopic (exact) mass is 331 g/mol. The van der Waals surface area contributed by atoms with Crippen molar-refractivity contribution in [1.82, 2.24) is 20.1 Å². The molecule has 24 heavy (non-hydrogen) atoms. The van der Waals surface area contributed by atoms with Gasteiger partial charge in [0.05, 0.1) is 24.5 Å². The lowest BCUT2D eigenvalue weighted by atomic mass is 9.96. The highest BCUT2D eigenvalue weighted by Crippen LogP contribution is 2.35. The van der Waals surface area contributed by atoms with E-state index < -0.39 is 36.6 Å². The average Bonchev–Trinajstić information content (AvgIpc) is 3.24. The van der Waals surface area contributed by atoms with Gasteiger partial charge in [-0.1, -0.05) is 0 Å². The van der Waals surface area contributed by atoms with Crippen LogP contribution in [0.15, 0.2) is 43.0 Å². The normalized spacial score (nSPS) is 31.6. The Morgan fingerprint density at radius 1 is 1.38 bits per heavy atom. The van der Waals surface area contributed by atoms with Crippen molar-refractivity contribution in [2.24, 2.45) is 0 Å². The van der Waals surface area contributed by atoms with Gasteiger partial charge in [0.1, 0.15) is 18.2 Å². The largest absolute Gasteiger partial charge is 0.388 e. The van der Waals surface area contributed by atoms with E-state index in [9.17, 15) is 9.90 Å².